The van der Waals surface area contributed by atoms with Gasteiger partial charge in [-0.1, -0.05) is 0 Å². The van der Waals surface area contributed by atoms with Gasteiger partial charge in [-0.3, -0.25) is 9.59 Å². The highest BCUT2D eigenvalue weighted by atomic mass is 32.2. The lowest BCUT2D eigenvalue weighted by Gasteiger charge is -2.28. The molecule has 2 amide bonds. The van der Waals surface area contributed by atoms with Crippen molar-refractivity contribution in [1.82, 2.24) is 10.6 Å². The maximum Gasteiger partial charge on any atom is 0.223 e. The minimum absolute atomic E-state index is 0.0209. The first kappa shape index (κ1) is 21.8. The second-order valence-corrected chi connectivity index (χ2v) is 8.56. The van der Waals surface area contributed by atoms with Crippen LogP contribution >= 0.6 is 11.8 Å². The molecule has 3 rings (SSSR count). The second-order valence-electron chi connectivity index (χ2n) is 7.39. The van der Waals surface area contributed by atoms with Crippen LogP contribution in [0.4, 0.5) is 0 Å². The fraction of sp³-hybridized carbons (Fsp3) is 0.619. The number of thioether (sulfide) groups is 1. The number of nitrogens with one attached hydrogen (secondary N) is 2. The molecule has 0 atom stereocenters. The highest BCUT2D eigenvalue weighted by molar-refractivity contribution is 7.99. The summed E-state index contributed by atoms with van der Waals surface area (Å²) in [6.07, 6.45) is 4.30. The number of ether oxygens (including phenoxy) is 2. The van der Waals surface area contributed by atoms with Crippen molar-refractivity contribution in [3.05, 3.63) is 18.2 Å². The highest BCUT2D eigenvalue weighted by Gasteiger charge is 2.26. The molecule has 0 spiro atoms. The summed E-state index contributed by atoms with van der Waals surface area (Å²) < 4.78 is 11.1. The summed E-state index contributed by atoms with van der Waals surface area (Å²) in [5, 5.41) is 14.7. The number of carbonyl (C=O) groups excluding carboxylic acids is 2. The Bertz CT molecular complexity index is 692. The van der Waals surface area contributed by atoms with Crippen LogP contribution in [-0.4, -0.2) is 55.1 Å². The highest BCUT2D eigenvalue weighted by Crippen LogP contribution is 2.34. The van der Waals surface area contributed by atoms with Crippen LogP contribution in [-0.2, 0) is 9.59 Å². The van der Waals surface area contributed by atoms with E-state index in [0.29, 0.717) is 38.4 Å². The van der Waals surface area contributed by atoms with Crippen LogP contribution in [0.25, 0.3) is 0 Å². The number of rotatable bonds is 9. The lowest BCUT2D eigenvalue weighted by molar-refractivity contribution is -0.126. The lowest BCUT2D eigenvalue weighted by Crippen LogP contribution is -2.41. The third kappa shape index (κ3) is 6.82. The van der Waals surface area contributed by atoms with Gasteiger partial charge in [-0.15, -0.1) is 11.8 Å². The molecule has 1 aliphatic carbocycles. The van der Waals surface area contributed by atoms with Crippen molar-refractivity contribution in [2.24, 2.45) is 5.92 Å². The van der Waals surface area contributed by atoms with Gasteiger partial charge in [0, 0.05) is 42.2 Å². The standard InChI is InChI=1S/C21H30N2O5S/c24-10-1-9-22-21(26)15-2-4-16(5-3-15)23-20(25)8-13-29-17-6-7-18-19(14-17)28-12-11-27-18/h6-7,14-16,24H,1-5,8-13H2,(H,22,26)(H,23,25). The van der Waals surface area contributed by atoms with E-state index in [2.05, 4.69) is 10.6 Å². The third-order valence-electron chi connectivity index (χ3n) is 5.21. The summed E-state index contributed by atoms with van der Waals surface area (Å²) in [5.41, 5.74) is 0. The number of benzene rings is 1. The molecule has 0 bridgehead atoms. The van der Waals surface area contributed by atoms with Gasteiger partial charge in [-0.05, 0) is 50.3 Å². The number of hydrogen-bond donors (Lipinski definition) is 3. The number of amides is 2. The van der Waals surface area contributed by atoms with Gasteiger partial charge in [-0.2, -0.15) is 0 Å². The van der Waals surface area contributed by atoms with E-state index in [1.165, 1.54) is 0 Å². The zero-order valence-corrected chi connectivity index (χ0v) is 17.5. The fourth-order valence-corrected chi connectivity index (χ4v) is 4.49. The zero-order valence-electron chi connectivity index (χ0n) is 16.7. The maximum absolute atomic E-state index is 12.3. The van der Waals surface area contributed by atoms with Crippen LogP contribution in [0.15, 0.2) is 23.1 Å². The van der Waals surface area contributed by atoms with E-state index in [-0.39, 0.29) is 30.4 Å². The third-order valence-corrected chi connectivity index (χ3v) is 6.20. The summed E-state index contributed by atoms with van der Waals surface area (Å²) in [6, 6.07) is 6.02. The number of aliphatic hydroxyl groups is 1. The average molecular weight is 423 g/mol. The van der Waals surface area contributed by atoms with Crippen molar-refractivity contribution in [1.29, 1.82) is 0 Å². The molecule has 0 saturated heterocycles. The Kier molecular flexibility index (Phi) is 8.49. The Morgan fingerprint density at radius 1 is 1.10 bits per heavy atom. The molecule has 1 aliphatic heterocycles. The van der Waals surface area contributed by atoms with Crippen LogP contribution in [0.2, 0.25) is 0 Å². The number of carbonyl (C=O) groups is 2. The van der Waals surface area contributed by atoms with Gasteiger partial charge in [0.2, 0.25) is 11.8 Å². The molecule has 7 nitrogen and oxygen atoms in total. The monoisotopic (exact) mass is 422 g/mol. The van der Waals surface area contributed by atoms with E-state index in [4.69, 9.17) is 14.6 Å². The molecule has 1 heterocycles. The van der Waals surface area contributed by atoms with Crippen molar-refractivity contribution in [2.75, 3.05) is 32.1 Å². The Labute approximate surface area is 175 Å². The lowest BCUT2D eigenvalue weighted by atomic mass is 9.85. The molecule has 0 radical (unpaired) electrons. The van der Waals surface area contributed by atoms with E-state index >= 15 is 0 Å². The first-order valence-electron chi connectivity index (χ1n) is 10.4. The first-order valence-corrected chi connectivity index (χ1v) is 11.3. The molecule has 0 unspecified atom stereocenters. The van der Waals surface area contributed by atoms with E-state index < -0.39 is 0 Å². The average Bonchev–Trinajstić information content (AvgIpc) is 2.74. The van der Waals surface area contributed by atoms with Crippen molar-refractivity contribution in [3.63, 3.8) is 0 Å². The smallest absolute Gasteiger partial charge is 0.223 e. The summed E-state index contributed by atoms with van der Waals surface area (Å²) in [5.74, 6) is 2.39. The van der Waals surface area contributed by atoms with Crippen molar-refractivity contribution < 1.29 is 24.2 Å². The zero-order chi connectivity index (χ0) is 20.5. The largest absolute Gasteiger partial charge is 0.486 e. The van der Waals surface area contributed by atoms with E-state index in [1.54, 1.807) is 11.8 Å². The Morgan fingerprint density at radius 2 is 1.86 bits per heavy atom. The van der Waals surface area contributed by atoms with Crippen LogP contribution in [0.3, 0.4) is 0 Å². The molecule has 1 aromatic rings. The van der Waals surface area contributed by atoms with Crippen molar-refractivity contribution >= 4 is 23.6 Å². The Balaban J connectivity index is 1.32. The molecular formula is C21H30N2O5S. The van der Waals surface area contributed by atoms with Gasteiger partial charge in [0.15, 0.2) is 11.5 Å². The topological polar surface area (TPSA) is 96.9 Å². The number of fused-ring (bicyclic) bond motifs is 1. The molecule has 1 aromatic carbocycles. The Hall–Kier alpha value is -1.93. The van der Waals surface area contributed by atoms with Gasteiger partial charge in [-0.25, -0.2) is 0 Å². The minimum atomic E-state index is 0.0209. The number of aliphatic hydroxyl groups excluding tert-OH is 1. The van der Waals surface area contributed by atoms with E-state index in [0.717, 1.165) is 42.1 Å². The molecule has 1 saturated carbocycles. The summed E-state index contributed by atoms with van der Waals surface area (Å²) in [4.78, 5) is 25.4. The van der Waals surface area contributed by atoms with Crippen LogP contribution in [0.1, 0.15) is 38.5 Å². The van der Waals surface area contributed by atoms with Gasteiger partial charge < -0.3 is 25.2 Å². The summed E-state index contributed by atoms with van der Waals surface area (Å²) in [6.45, 7) is 1.76. The van der Waals surface area contributed by atoms with Gasteiger partial charge in [0.05, 0.1) is 0 Å². The van der Waals surface area contributed by atoms with E-state index in [9.17, 15) is 9.59 Å². The normalized spacial score (nSPS) is 20.7. The SMILES string of the molecule is O=C(CCSc1ccc2c(c1)OCCO2)NC1CCC(C(=O)NCCCO)CC1. The first-order chi connectivity index (χ1) is 14.2. The van der Waals surface area contributed by atoms with Crippen LogP contribution in [0.5, 0.6) is 11.5 Å². The van der Waals surface area contributed by atoms with Gasteiger partial charge in [0.25, 0.3) is 0 Å². The maximum atomic E-state index is 12.3. The molecule has 29 heavy (non-hydrogen) atoms. The molecule has 2 aliphatic rings. The minimum Gasteiger partial charge on any atom is -0.486 e. The van der Waals surface area contributed by atoms with E-state index in [1.807, 2.05) is 18.2 Å². The Morgan fingerprint density at radius 3 is 2.62 bits per heavy atom. The van der Waals surface area contributed by atoms with Crippen LogP contribution < -0.4 is 20.1 Å². The second kappa shape index (κ2) is 11.3. The fourth-order valence-electron chi connectivity index (χ4n) is 3.61. The van der Waals surface area contributed by atoms with Crippen molar-refractivity contribution in [2.45, 2.75) is 49.5 Å². The molecular weight excluding hydrogens is 392 g/mol. The molecule has 3 N–H and O–H groups in total. The quantitative estimate of drug-likeness (QED) is 0.417. The van der Waals surface area contributed by atoms with Crippen molar-refractivity contribution in [3.8, 4) is 11.5 Å². The predicted octanol–water partition coefficient (Wildman–Crippen LogP) is 2.11. The molecule has 8 heteroatoms. The summed E-state index contributed by atoms with van der Waals surface area (Å²) in [7, 11) is 0. The van der Waals surface area contributed by atoms with Crippen LogP contribution in [0, 0.1) is 5.92 Å². The molecule has 0 aromatic heterocycles. The summed E-state index contributed by atoms with van der Waals surface area (Å²) >= 11 is 1.63. The molecule has 160 valence electrons. The van der Waals surface area contributed by atoms with Gasteiger partial charge in [0.1, 0.15) is 13.2 Å². The number of hydrogen-bond acceptors (Lipinski definition) is 6. The molecule has 1 fully saturated rings. The predicted molar refractivity (Wildman–Crippen MR) is 111 cm³/mol. The van der Waals surface area contributed by atoms with Gasteiger partial charge >= 0.3 is 0 Å².